The molecule has 1 aliphatic carbocycles. The lowest BCUT2D eigenvalue weighted by atomic mass is 9.75. The third kappa shape index (κ3) is 8.94. The van der Waals surface area contributed by atoms with Crippen LogP contribution in [-0.2, 0) is 16.0 Å². The molecule has 4 aromatic rings. The highest BCUT2D eigenvalue weighted by Gasteiger charge is 2.35. The van der Waals surface area contributed by atoms with Gasteiger partial charge in [-0.25, -0.2) is 19.4 Å². The maximum Gasteiger partial charge on any atom is 0.344 e. The van der Waals surface area contributed by atoms with Gasteiger partial charge in [0.25, 0.3) is 0 Å². The van der Waals surface area contributed by atoms with E-state index in [0.29, 0.717) is 41.7 Å². The number of carbonyl (C=O) groups is 2. The lowest BCUT2D eigenvalue weighted by Crippen LogP contribution is -2.37. The molecule has 51 heavy (non-hydrogen) atoms. The van der Waals surface area contributed by atoms with E-state index in [4.69, 9.17) is 25.8 Å². The minimum absolute atomic E-state index is 0.162. The molecule has 1 aliphatic rings. The molecule has 2 aromatic carbocycles. The number of fused-ring (bicyclic) bond motifs is 1. The van der Waals surface area contributed by atoms with Gasteiger partial charge in [0.2, 0.25) is 5.69 Å². The second-order valence-corrected chi connectivity index (χ2v) is 14.5. The molecule has 10 nitrogen and oxygen atoms in total. The number of benzene rings is 2. The van der Waals surface area contributed by atoms with Crippen LogP contribution >= 0.6 is 0 Å². The van der Waals surface area contributed by atoms with Crippen molar-refractivity contribution in [3.8, 4) is 22.9 Å². The van der Waals surface area contributed by atoms with Crippen molar-refractivity contribution in [2.45, 2.75) is 111 Å². The van der Waals surface area contributed by atoms with E-state index in [1.54, 1.807) is 17.8 Å². The average molecular weight is 697 g/mol. The van der Waals surface area contributed by atoms with E-state index in [1.807, 2.05) is 43.3 Å². The third-order valence-electron chi connectivity index (χ3n) is 10.2. The minimum atomic E-state index is -0.967. The summed E-state index contributed by atoms with van der Waals surface area (Å²) in [4.78, 5) is 34.2. The summed E-state index contributed by atoms with van der Waals surface area (Å²) in [5, 5.41) is 13.2. The summed E-state index contributed by atoms with van der Waals surface area (Å²) < 4.78 is 19.6. The van der Waals surface area contributed by atoms with Gasteiger partial charge in [-0.3, -0.25) is 9.61 Å². The molecule has 3 unspecified atom stereocenters. The van der Waals surface area contributed by atoms with Gasteiger partial charge in [-0.1, -0.05) is 77.5 Å². The number of carboxylic acids is 1. The Morgan fingerprint density at radius 1 is 1.02 bits per heavy atom. The number of aromatic nitrogens is 3. The van der Waals surface area contributed by atoms with Crippen LogP contribution in [0.4, 0.5) is 5.69 Å². The second kappa shape index (κ2) is 17.0. The predicted molar refractivity (Wildman–Crippen MR) is 198 cm³/mol. The number of carboxylic acid groups (broad SMARTS) is 1. The van der Waals surface area contributed by atoms with E-state index in [1.165, 1.54) is 19.3 Å². The molecule has 2 N–H and O–H groups in total. The third-order valence-corrected chi connectivity index (χ3v) is 10.2. The number of methoxy groups -OCH3 is 1. The maximum absolute atomic E-state index is 13.6. The van der Waals surface area contributed by atoms with Crippen LogP contribution in [0.15, 0.2) is 42.6 Å². The standard InChI is InChI=1S/C41H52N4O6/c1-8-9-10-11-12-13-14-35(40(46)47)50-34-17-15-25(2)21-30(34)23-31-22-29(16-18-33(31)49-7)38-43-39-36(32(42-6)24-45(39)44-38)41(48)51-37-27(4)19-26(3)20-28(37)5/h15-18,21-22,24,26-28,35,37H,8-14,19-20,23H2,1-5,7H3,(H,43,44)(H,46,47). The molecule has 3 atom stereocenters. The summed E-state index contributed by atoms with van der Waals surface area (Å²) >= 11 is 0. The molecule has 0 saturated heterocycles. The number of esters is 1. The molecule has 2 aromatic heterocycles. The first-order valence-corrected chi connectivity index (χ1v) is 18.4. The smallest absolute Gasteiger partial charge is 0.344 e. The Morgan fingerprint density at radius 2 is 1.71 bits per heavy atom. The van der Waals surface area contributed by atoms with E-state index in [9.17, 15) is 14.7 Å². The highest BCUT2D eigenvalue weighted by Crippen LogP contribution is 2.37. The van der Waals surface area contributed by atoms with Crippen LogP contribution in [0.25, 0.3) is 21.9 Å². The van der Waals surface area contributed by atoms with Gasteiger partial charge in [0.05, 0.1) is 13.7 Å². The Kier molecular flexibility index (Phi) is 12.5. The number of carbonyl (C=O) groups excluding carboxylic acids is 1. The fraction of sp³-hybridized carbons (Fsp3) is 0.512. The highest BCUT2D eigenvalue weighted by atomic mass is 16.5. The van der Waals surface area contributed by atoms with Crippen LogP contribution in [0.1, 0.15) is 113 Å². The van der Waals surface area contributed by atoms with Crippen LogP contribution in [0.5, 0.6) is 11.5 Å². The molecule has 1 saturated carbocycles. The Bertz CT molecular complexity index is 1860. The first kappa shape index (κ1) is 37.5. The topological polar surface area (TPSA) is 120 Å². The monoisotopic (exact) mass is 696 g/mol. The number of unbranched alkanes of at least 4 members (excludes halogenated alkanes) is 5. The maximum atomic E-state index is 13.6. The van der Waals surface area contributed by atoms with Crippen LogP contribution < -0.4 is 9.47 Å². The molecule has 10 heteroatoms. The van der Waals surface area contributed by atoms with Gasteiger partial charge in [-0.15, -0.1) is 0 Å². The number of H-pyrrole nitrogens is 1. The zero-order chi connectivity index (χ0) is 36.7. The fourth-order valence-corrected chi connectivity index (χ4v) is 7.67. The van der Waals surface area contributed by atoms with Gasteiger partial charge in [-0.05, 0) is 85.8 Å². The SMILES string of the molecule is [C-]#[N+]c1cn2[nH]c(-c3ccc(OC)c(Cc4cc(C)ccc4OC(CCCCCCCC)C(=O)O)c3)nc2c1C(=O)OC1C(C)CC(C)CC1C. The number of aliphatic carboxylic acids is 1. The van der Waals surface area contributed by atoms with Crippen LogP contribution in [0, 0.1) is 31.2 Å². The number of rotatable bonds is 16. The lowest BCUT2D eigenvalue weighted by Gasteiger charge is -2.37. The summed E-state index contributed by atoms with van der Waals surface area (Å²) in [7, 11) is 1.61. The van der Waals surface area contributed by atoms with Gasteiger partial charge in [0, 0.05) is 18.2 Å². The number of aryl methyl sites for hydroxylation is 1. The lowest BCUT2D eigenvalue weighted by molar-refractivity contribution is -0.145. The number of nitrogens with one attached hydrogen (secondary N) is 1. The largest absolute Gasteiger partial charge is 0.496 e. The number of nitrogens with zero attached hydrogens (tertiary/aromatic N) is 3. The van der Waals surface area contributed by atoms with Crippen molar-refractivity contribution in [1.82, 2.24) is 14.6 Å². The van der Waals surface area contributed by atoms with Crippen LogP contribution in [0.3, 0.4) is 0 Å². The van der Waals surface area contributed by atoms with Gasteiger partial charge in [0.1, 0.15) is 23.2 Å². The summed E-state index contributed by atoms with van der Waals surface area (Å²) in [5.74, 6) is 1.24. The normalized spacial score (nSPS) is 19.4. The average Bonchev–Trinajstić information content (AvgIpc) is 3.66. The van der Waals surface area contributed by atoms with Crippen molar-refractivity contribution in [3.05, 3.63) is 76.3 Å². The number of aromatic amines is 1. The van der Waals surface area contributed by atoms with Crippen LogP contribution in [0.2, 0.25) is 0 Å². The molecule has 0 spiro atoms. The highest BCUT2D eigenvalue weighted by molar-refractivity contribution is 6.03. The zero-order valence-electron chi connectivity index (χ0n) is 30.8. The Balaban J connectivity index is 1.39. The molecule has 1 fully saturated rings. The van der Waals surface area contributed by atoms with E-state index in [0.717, 1.165) is 54.4 Å². The van der Waals surface area contributed by atoms with Crippen molar-refractivity contribution >= 4 is 23.3 Å². The van der Waals surface area contributed by atoms with E-state index in [2.05, 4.69) is 37.6 Å². The molecule has 0 aliphatic heterocycles. The zero-order valence-corrected chi connectivity index (χ0v) is 30.8. The Morgan fingerprint density at radius 3 is 2.39 bits per heavy atom. The van der Waals surface area contributed by atoms with E-state index in [-0.39, 0.29) is 29.2 Å². The second-order valence-electron chi connectivity index (χ2n) is 14.5. The summed E-state index contributed by atoms with van der Waals surface area (Å²) in [6.45, 7) is 18.4. The van der Waals surface area contributed by atoms with Crippen molar-refractivity contribution in [3.63, 3.8) is 0 Å². The Hall–Kier alpha value is -4.78. The van der Waals surface area contributed by atoms with Crippen LogP contribution in [-0.4, -0.2) is 51.0 Å². The summed E-state index contributed by atoms with van der Waals surface area (Å²) in [6, 6.07) is 11.5. The number of hydrogen-bond acceptors (Lipinski definition) is 6. The number of ether oxygens (including phenoxy) is 3. The Labute approximate surface area is 301 Å². The van der Waals surface area contributed by atoms with Crippen molar-refractivity contribution < 1.29 is 28.9 Å². The number of hydrogen-bond donors (Lipinski definition) is 2. The summed E-state index contributed by atoms with van der Waals surface area (Å²) in [5.41, 5.74) is 4.16. The minimum Gasteiger partial charge on any atom is -0.496 e. The van der Waals surface area contributed by atoms with E-state index >= 15 is 0 Å². The quantitative estimate of drug-likeness (QED) is 0.0680. The van der Waals surface area contributed by atoms with Gasteiger partial charge in [-0.2, -0.15) is 0 Å². The van der Waals surface area contributed by atoms with Gasteiger partial charge in [0.15, 0.2) is 17.6 Å². The van der Waals surface area contributed by atoms with Gasteiger partial charge >= 0.3 is 11.9 Å². The molecular formula is C41H52N4O6. The van der Waals surface area contributed by atoms with Crippen molar-refractivity contribution in [2.24, 2.45) is 17.8 Å². The molecule has 2 heterocycles. The van der Waals surface area contributed by atoms with E-state index < -0.39 is 18.0 Å². The van der Waals surface area contributed by atoms with Crippen molar-refractivity contribution in [1.29, 1.82) is 0 Å². The first-order chi connectivity index (χ1) is 24.5. The fourth-order valence-electron chi connectivity index (χ4n) is 7.67. The molecule has 0 radical (unpaired) electrons. The summed E-state index contributed by atoms with van der Waals surface area (Å²) in [6.07, 6.45) is 9.69. The van der Waals surface area contributed by atoms with Crippen molar-refractivity contribution in [2.75, 3.05) is 7.11 Å². The predicted octanol–water partition coefficient (Wildman–Crippen LogP) is 9.60. The molecule has 272 valence electrons. The molecular weight excluding hydrogens is 644 g/mol. The van der Waals surface area contributed by atoms with Gasteiger partial charge < -0.3 is 19.3 Å². The molecule has 5 rings (SSSR count). The molecule has 0 amide bonds. The first-order valence-electron chi connectivity index (χ1n) is 18.4. The molecule has 0 bridgehead atoms.